The fourth-order valence-electron chi connectivity index (χ4n) is 1.69. The summed E-state index contributed by atoms with van der Waals surface area (Å²) in [6.45, 7) is 2.09. The fraction of sp³-hybridized carbons (Fsp3) is 0.750. The molecule has 0 saturated heterocycles. The van der Waals surface area contributed by atoms with Crippen LogP contribution in [-0.2, 0) is 4.79 Å². The van der Waals surface area contributed by atoms with Gasteiger partial charge >= 0.3 is 0 Å². The van der Waals surface area contributed by atoms with Gasteiger partial charge < -0.3 is 11.1 Å². The highest BCUT2D eigenvalue weighted by Crippen LogP contribution is 2.45. The highest BCUT2D eigenvalue weighted by atomic mass is 16.1. The van der Waals surface area contributed by atoms with E-state index in [9.17, 15) is 4.79 Å². The third-order valence-electron chi connectivity index (χ3n) is 2.61. The van der Waals surface area contributed by atoms with Crippen molar-refractivity contribution in [2.45, 2.75) is 25.3 Å². The Kier molecular flexibility index (Phi) is 2.35. The Labute approximate surface area is 72.2 Å². The summed E-state index contributed by atoms with van der Waals surface area (Å²) < 4.78 is 0. The van der Waals surface area contributed by atoms with E-state index in [2.05, 4.69) is 17.2 Å². The Hall–Kier alpha value is -1.06. The summed E-state index contributed by atoms with van der Waals surface area (Å²) in [5, 5.41) is 2.75. The van der Waals surface area contributed by atoms with Crippen LogP contribution in [0.4, 0.5) is 0 Å². The van der Waals surface area contributed by atoms with E-state index in [1.807, 2.05) is 0 Å². The van der Waals surface area contributed by atoms with Gasteiger partial charge in [0.1, 0.15) is 5.84 Å². The molecule has 2 atom stereocenters. The van der Waals surface area contributed by atoms with E-state index in [0.717, 1.165) is 12.8 Å². The molecule has 12 heavy (non-hydrogen) atoms. The molecule has 0 bridgehead atoms. The highest BCUT2D eigenvalue weighted by molar-refractivity contribution is 5.95. The molecule has 4 nitrogen and oxygen atoms in total. The van der Waals surface area contributed by atoms with Crippen molar-refractivity contribution in [3.63, 3.8) is 0 Å². The summed E-state index contributed by atoms with van der Waals surface area (Å²) in [5.74, 6) is 1.01. The third-order valence-corrected chi connectivity index (χ3v) is 2.61. The first-order valence-corrected chi connectivity index (χ1v) is 4.15. The van der Waals surface area contributed by atoms with E-state index >= 15 is 0 Å². The zero-order valence-electron chi connectivity index (χ0n) is 7.50. The van der Waals surface area contributed by atoms with E-state index in [1.54, 1.807) is 7.05 Å². The van der Waals surface area contributed by atoms with Crippen molar-refractivity contribution in [3.8, 4) is 0 Å². The number of carbonyl (C=O) groups is 1. The summed E-state index contributed by atoms with van der Waals surface area (Å²) in [4.78, 5) is 14.2. The molecule has 1 fully saturated rings. The molecule has 68 valence electrons. The first-order valence-electron chi connectivity index (χ1n) is 4.15. The van der Waals surface area contributed by atoms with Gasteiger partial charge in [-0.2, -0.15) is 0 Å². The molecule has 1 aliphatic carbocycles. The molecule has 1 saturated carbocycles. The molecule has 0 radical (unpaired) electrons. The largest absolute Gasteiger partial charge is 0.385 e. The van der Waals surface area contributed by atoms with Crippen LogP contribution in [0.15, 0.2) is 4.99 Å². The van der Waals surface area contributed by atoms with Gasteiger partial charge in [0.15, 0.2) is 0 Å². The molecular formula is C8H15N3O. The van der Waals surface area contributed by atoms with Gasteiger partial charge in [0, 0.05) is 7.05 Å². The Morgan fingerprint density at radius 2 is 2.58 bits per heavy atom. The van der Waals surface area contributed by atoms with Crippen LogP contribution < -0.4 is 11.1 Å². The number of nitrogens with one attached hydrogen (secondary N) is 1. The van der Waals surface area contributed by atoms with Crippen molar-refractivity contribution >= 4 is 12.2 Å². The molecule has 1 aliphatic rings. The smallest absolute Gasteiger partial charge is 0.207 e. The maximum Gasteiger partial charge on any atom is 0.207 e. The number of amides is 1. The quantitative estimate of drug-likeness (QED) is 0.350. The van der Waals surface area contributed by atoms with E-state index in [1.165, 1.54) is 0 Å². The maximum atomic E-state index is 10.3. The Balaban J connectivity index is 2.71. The predicted octanol–water partition coefficient (Wildman–Crippen LogP) is -0.112. The van der Waals surface area contributed by atoms with E-state index in [4.69, 9.17) is 5.73 Å². The number of carbonyl (C=O) groups excluding carboxylic acids is 1. The molecule has 0 heterocycles. The molecular weight excluding hydrogens is 154 g/mol. The highest BCUT2D eigenvalue weighted by Gasteiger charge is 2.56. The van der Waals surface area contributed by atoms with Gasteiger partial charge in [-0.15, -0.1) is 0 Å². The molecule has 3 N–H and O–H groups in total. The second-order valence-electron chi connectivity index (χ2n) is 3.15. The topological polar surface area (TPSA) is 67.5 Å². The lowest BCUT2D eigenvalue weighted by atomic mass is 10.1. The Morgan fingerprint density at radius 3 is 2.92 bits per heavy atom. The summed E-state index contributed by atoms with van der Waals surface area (Å²) in [5.41, 5.74) is 5.38. The van der Waals surface area contributed by atoms with Crippen LogP contribution in [-0.4, -0.2) is 24.8 Å². The average molecular weight is 169 g/mol. The minimum absolute atomic E-state index is 0.314. The Morgan fingerprint density at radius 1 is 1.92 bits per heavy atom. The van der Waals surface area contributed by atoms with Crippen molar-refractivity contribution in [2.24, 2.45) is 16.6 Å². The lowest BCUT2D eigenvalue weighted by Crippen LogP contribution is -2.45. The number of amidine groups is 1. The van der Waals surface area contributed by atoms with Gasteiger partial charge in [-0.1, -0.05) is 13.3 Å². The van der Waals surface area contributed by atoms with Crippen LogP contribution in [0.1, 0.15) is 19.8 Å². The van der Waals surface area contributed by atoms with Gasteiger partial charge in [0.25, 0.3) is 0 Å². The lowest BCUT2D eigenvalue weighted by Gasteiger charge is -2.14. The predicted molar refractivity (Wildman–Crippen MR) is 47.9 cm³/mol. The number of hydrogen-bond donors (Lipinski definition) is 2. The van der Waals surface area contributed by atoms with Crippen LogP contribution >= 0.6 is 0 Å². The Bertz CT molecular complexity index is 214. The molecule has 0 spiro atoms. The number of nitrogens with two attached hydrogens (primary N) is 1. The van der Waals surface area contributed by atoms with E-state index in [0.29, 0.717) is 18.2 Å². The minimum Gasteiger partial charge on any atom is -0.385 e. The van der Waals surface area contributed by atoms with Crippen LogP contribution in [0.5, 0.6) is 0 Å². The number of nitrogens with zero attached hydrogens (tertiary/aromatic N) is 1. The van der Waals surface area contributed by atoms with Crippen molar-refractivity contribution in [3.05, 3.63) is 0 Å². The number of aliphatic imine (C=N–C) groups is 1. The molecule has 1 rings (SSSR count). The van der Waals surface area contributed by atoms with Gasteiger partial charge in [0.2, 0.25) is 6.41 Å². The number of rotatable bonds is 4. The first-order chi connectivity index (χ1) is 5.71. The monoisotopic (exact) mass is 169 g/mol. The first kappa shape index (κ1) is 9.03. The second kappa shape index (κ2) is 3.13. The standard InChI is InChI=1S/C8H15N3O/c1-3-6-4-8(6,11-5-12)7(9)10-2/h5-6H,3-4H2,1-2H3,(H2,9,10)(H,11,12)/t6-,8?/m1/s1. The SMILES string of the molecule is CC[C@@H]1CC1(NC=O)C(N)=NC. The molecule has 0 aliphatic heterocycles. The van der Waals surface area contributed by atoms with Gasteiger partial charge in [-0.05, 0) is 12.3 Å². The average Bonchev–Trinajstić information content (AvgIpc) is 2.79. The summed E-state index contributed by atoms with van der Waals surface area (Å²) in [6, 6.07) is 0. The summed E-state index contributed by atoms with van der Waals surface area (Å²) in [7, 11) is 1.65. The third kappa shape index (κ3) is 1.17. The van der Waals surface area contributed by atoms with Crippen molar-refractivity contribution in [2.75, 3.05) is 7.05 Å². The fourth-order valence-corrected chi connectivity index (χ4v) is 1.69. The van der Waals surface area contributed by atoms with Crippen molar-refractivity contribution in [1.82, 2.24) is 5.32 Å². The van der Waals surface area contributed by atoms with Gasteiger partial charge in [0.05, 0.1) is 5.54 Å². The van der Waals surface area contributed by atoms with E-state index in [-0.39, 0.29) is 5.54 Å². The summed E-state index contributed by atoms with van der Waals surface area (Å²) >= 11 is 0. The zero-order valence-corrected chi connectivity index (χ0v) is 7.50. The lowest BCUT2D eigenvalue weighted by molar-refractivity contribution is -0.110. The molecule has 0 aromatic rings. The molecule has 0 aromatic carbocycles. The van der Waals surface area contributed by atoms with Crippen LogP contribution in [0.25, 0.3) is 0 Å². The normalized spacial score (nSPS) is 34.5. The number of hydrogen-bond acceptors (Lipinski definition) is 2. The molecule has 1 unspecified atom stereocenters. The summed E-state index contributed by atoms with van der Waals surface area (Å²) in [6.07, 6.45) is 2.65. The molecule has 1 amide bonds. The second-order valence-corrected chi connectivity index (χ2v) is 3.15. The van der Waals surface area contributed by atoms with E-state index < -0.39 is 0 Å². The van der Waals surface area contributed by atoms with Gasteiger partial charge in [-0.3, -0.25) is 9.79 Å². The van der Waals surface area contributed by atoms with Crippen LogP contribution in [0, 0.1) is 5.92 Å². The molecule has 0 aromatic heterocycles. The minimum atomic E-state index is -0.314. The van der Waals surface area contributed by atoms with Crippen LogP contribution in [0.2, 0.25) is 0 Å². The molecule has 4 heteroatoms. The van der Waals surface area contributed by atoms with Crippen molar-refractivity contribution in [1.29, 1.82) is 0 Å². The van der Waals surface area contributed by atoms with Crippen LogP contribution in [0.3, 0.4) is 0 Å². The maximum absolute atomic E-state index is 10.3. The van der Waals surface area contributed by atoms with Crippen molar-refractivity contribution < 1.29 is 4.79 Å². The van der Waals surface area contributed by atoms with Gasteiger partial charge in [-0.25, -0.2) is 0 Å². The zero-order chi connectivity index (χ0) is 9.19.